The van der Waals surface area contributed by atoms with Crippen molar-refractivity contribution < 1.29 is 4.79 Å². The molecule has 0 bridgehead atoms. The number of halogens is 2. The molecule has 1 aliphatic rings. The van der Waals surface area contributed by atoms with Crippen LogP contribution in [0, 0.1) is 12.8 Å². The maximum atomic E-state index is 12.6. The number of carbonyl (C=O) groups excluding carboxylic acids is 1. The molecule has 2 rings (SSSR count). The summed E-state index contributed by atoms with van der Waals surface area (Å²) in [6.07, 6.45) is 1.01. The summed E-state index contributed by atoms with van der Waals surface area (Å²) in [7, 11) is 0. The van der Waals surface area contributed by atoms with Crippen molar-refractivity contribution in [3.05, 3.63) is 33.8 Å². The predicted molar refractivity (Wildman–Crippen MR) is 83.8 cm³/mol. The number of benzene rings is 1. The molecule has 1 amide bonds. The summed E-state index contributed by atoms with van der Waals surface area (Å²) >= 11 is 3.47. The van der Waals surface area contributed by atoms with E-state index < -0.39 is 0 Å². The highest BCUT2D eigenvalue weighted by Gasteiger charge is 2.32. The third-order valence-electron chi connectivity index (χ3n) is 3.75. The van der Waals surface area contributed by atoms with Gasteiger partial charge >= 0.3 is 0 Å². The van der Waals surface area contributed by atoms with Crippen LogP contribution in [0.15, 0.2) is 22.7 Å². The van der Waals surface area contributed by atoms with E-state index in [1.165, 1.54) is 0 Å². The van der Waals surface area contributed by atoms with E-state index in [1.54, 1.807) is 0 Å². The molecule has 5 heteroatoms. The number of likely N-dealkylation sites (tertiary alicyclic amines) is 1. The Morgan fingerprint density at radius 2 is 2.21 bits per heavy atom. The highest BCUT2D eigenvalue weighted by Crippen LogP contribution is 2.27. The first-order valence-electron chi connectivity index (χ1n) is 6.30. The fourth-order valence-electron chi connectivity index (χ4n) is 2.59. The standard InChI is InChI=1S/C14H19BrN2O.ClH/c1-9-6-11(7-16)8-17(9)14(18)12-4-3-5-13(15)10(12)2;/h3-5,9,11H,6-8,16H2,1-2H3;1H. The Morgan fingerprint density at radius 1 is 1.53 bits per heavy atom. The quantitative estimate of drug-likeness (QED) is 0.894. The Morgan fingerprint density at radius 3 is 2.79 bits per heavy atom. The first-order chi connectivity index (χ1) is 8.54. The van der Waals surface area contributed by atoms with Crippen LogP contribution in [-0.2, 0) is 0 Å². The minimum Gasteiger partial charge on any atom is -0.336 e. The zero-order valence-corrected chi connectivity index (χ0v) is 13.6. The minimum atomic E-state index is 0. The monoisotopic (exact) mass is 346 g/mol. The van der Waals surface area contributed by atoms with E-state index in [0.29, 0.717) is 12.5 Å². The maximum Gasteiger partial charge on any atom is 0.254 e. The summed E-state index contributed by atoms with van der Waals surface area (Å²) in [6.45, 7) is 5.51. The van der Waals surface area contributed by atoms with Crippen molar-refractivity contribution in [2.24, 2.45) is 11.7 Å². The summed E-state index contributed by atoms with van der Waals surface area (Å²) < 4.78 is 0.982. The zero-order valence-electron chi connectivity index (χ0n) is 11.2. The molecule has 1 heterocycles. The van der Waals surface area contributed by atoms with Crippen molar-refractivity contribution in [2.45, 2.75) is 26.3 Å². The van der Waals surface area contributed by atoms with Crippen LogP contribution in [0.2, 0.25) is 0 Å². The van der Waals surface area contributed by atoms with Crippen molar-refractivity contribution >= 4 is 34.2 Å². The van der Waals surface area contributed by atoms with Gasteiger partial charge in [-0.1, -0.05) is 22.0 Å². The van der Waals surface area contributed by atoms with Gasteiger partial charge in [0.2, 0.25) is 0 Å². The number of nitrogens with two attached hydrogens (primary N) is 1. The largest absolute Gasteiger partial charge is 0.336 e. The van der Waals surface area contributed by atoms with Crippen LogP contribution in [0.3, 0.4) is 0 Å². The Balaban J connectivity index is 0.00000180. The number of hydrogen-bond acceptors (Lipinski definition) is 2. The van der Waals surface area contributed by atoms with Crippen molar-refractivity contribution in [1.82, 2.24) is 4.90 Å². The molecule has 2 atom stereocenters. The second kappa shape index (κ2) is 6.73. The fraction of sp³-hybridized carbons (Fsp3) is 0.500. The van der Waals surface area contributed by atoms with Gasteiger partial charge in [-0.3, -0.25) is 4.79 Å². The van der Waals surface area contributed by atoms with Crippen LogP contribution in [0.4, 0.5) is 0 Å². The molecule has 3 nitrogen and oxygen atoms in total. The van der Waals surface area contributed by atoms with E-state index in [1.807, 2.05) is 30.0 Å². The lowest BCUT2D eigenvalue weighted by Gasteiger charge is -2.22. The molecule has 0 aliphatic carbocycles. The lowest BCUT2D eigenvalue weighted by Crippen LogP contribution is -2.34. The molecule has 2 N–H and O–H groups in total. The van der Waals surface area contributed by atoms with Crippen LogP contribution in [0.25, 0.3) is 0 Å². The molecule has 0 aromatic heterocycles. The molecule has 1 aromatic rings. The lowest BCUT2D eigenvalue weighted by molar-refractivity contribution is 0.0742. The molecule has 19 heavy (non-hydrogen) atoms. The smallest absolute Gasteiger partial charge is 0.254 e. The lowest BCUT2D eigenvalue weighted by atomic mass is 10.1. The van der Waals surface area contributed by atoms with Crippen molar-refractivity contribution in [1.29, 1.82) is 0 Å². The van der Waals surface area contributed by atoms with Crippen molar-refractivity contribution in [3.8, 4) is 0 Å². The highest BCUT2D eigenvalue weighted by molar-refractivity contribution is 9.10. The SMILES string of the molecule is Cc1c(Br)cccc1C(=O)N1CC(CN)CC1C.Cl. The van der Waals surface area contributed by atoms with Gasteiger partial charge < -0.3 is 10.6 Å². The fourth-order valence-corrected chi connectivity index (χ4v) is 2.96. The van der Waals surface area contributed by atoms with Crippen LogP contribution in [-0.4, -0.2) is 29.9 Å². The van der Waals surface area contributed by atoms with Gasteiger partial charge in [0.15, 0.2) is 0 Å². The molecule has 0 spiro atoms. The Hall–Kier alpha value is -0.580. The molecule has 0 saturated carbocycles. The molecule has 1 fully saturated rings. The van der Waals surface area contributed by atoms with Gasteiger partial charge in [-0.15, -0.1) is 12.4 Å². The summed E-state index contributed by atoms with van der Waals surface area (Å²) in [6, 6.07) is 6.04. The zero-order chi connectivity index (χ0) is 13.3. The average molecular weight is 348 g/mol. The van der Waals surface area contributed by atoms with Gasteiger partial charge in [0, 0.05) is 22.6 Å². The van der Waals surface area contributed by atoms with Crippen LogP contribution in [0.5, 0.6) is 0 Å². The van der Waals surface area contributed by atoms with E-state index in [2.05, 4.69) is 22.9 Å². The molecule has 1 aliphatic heterocycles. The van der Waals surface area contributed by atoms with E-state index >= 15 is 0 Å². The van der Waals surface area contributed by atoms with Gasteiger partial charge in [-0.25, -0.2) is 0 Å². The summed E-state index contributed by atoms with van der Waals surface area (Å²) in [5.74, 6) is 0.564. The predicted octanol–water partition coefficient (Wildman–Crippen LogP) is 2.99. The topological polar surface area (TPSA) is 46.3 Å². The Kier molecular flexibility index (Phi) is 5.83. The Labute approximate surface area is 129 Å². The summed E-state index contributed by atoms with van der Waals surface area (Å²) in [5, 5.41) is 0. The second-order valence-electron chi connectivity index (χ2n) is 5.06. The summed E-state index contributed by atoms with van der Waals surface area (Å²) in [4.78, 5) is 14.5. The number of rotatable bonds is 2. The van der Waals surface area contributed by atoms with Crippen molar-refractivity contribution in [3.63, 3.8) is 0 Å². The maximum absolute atomic E-state index is 12.6. The van der Waals surface area contributed by atoms with Gasteiger partial charge in [-0.05, 0) is 50.4 Å². The van der Waals surface area contributed by atoms with E-state index in [9.17, 15) is 4.79 Å². The average Bonchev–Trinajstić information content (AvgIpc) is 2.73. The number of carbonyl (C=O) groups is 1. The molecule has 2 unspecified atom stereocenters. The minimum absolute atomic E-state index is 0. The number of amides is 1. The van der Waals surface area contributed by atoms with Gasteiger partial charge in [0.05, 0.1) is 0 Å². The van der Waals surface area contributed by atoms with Crippen molar-refractivity contribution in [2.75, 3.05) is 13.1 Å². The second-order valence-corrected chi connectivity index (χ2v) is 5.91. The molecular weight excluding hydrogens is 328 g/mol. The third kappa shape index (κ3) is 3.30. The molecule has 1 saturated heterocycles. The van der Waals surface area contributed by atoms with E-state index in [-0.39, 0.29) is 24.4 Å². The van der Waals surface area contributed by atoms with Crippen LogP contribution < -0.4 is 5.73 Å². The molecular formula is C14H20BrClN2O. The number of hydrogen-bond donors (Lipinski definition) is 1. The van der Waals surface area contributed by atoms with E-state index in [0.717, 1.165) is 28.6 Å². The first-order valence-corrected chi connectivity index (χ1v) is 7.10. The van der Waals surface area contributed by atoms with Gasteiger partial charge in [-0.2, -0.15) is 0 Å². The number of nitrogens with zero attached hydrogens (tertiary/aromatic N) is 1. The molecule has 106 valence electrons. The Bertz CT molecular complexity index is 467. The molecule has 1 aromatic carbocycles. The van der Waals surface area contributed by atoms with Crippen LogP contribution >= 0.6 is 28.3 Å². The normalized spacial score (nSPS) is 22.2. The van der Waals surface area contributed by atoms with Gasteiger partial charge in [0.1, 0.15) is 0 Å². The molecule has 0 radical (unpaired) electrons. The summed E-state index contributed by atoms with van der Waals surface area (Å²) in [5.41, 5.74) is 7.50. The van der Waals surface area contributed by atoms with E-state index in [4.69, 9.17) is 5.73 Å². The highest BCUT2D eigenvalue weighted by atomic mass is 79.9. The van der Waals surface area contributed by atoms with Gasteiger partial charge in [0.25, 0.3) is 5.91 Å². The van der Waals surface area contributed by atoms with Crippen LogP contribution in [0.1, 0.15) is 29.3 Å². The first kappa shape index (κ1) is 16.5. The third-order valence-corrected chi connectivity index (χ3v) is 4.61.